The standard InChI is InChI=1S/C13H10BrFN2O2/c1-7-9(13(18)19)3-5-12(16-7)17-11-4-2-8(15)6-10(11)14/h2-6H,1H3,(H,16,17)(H,18,19). The third kappa shape index (κ3) is 3.08. The number of carbonyl (C=O) groups is 1. The van der Waals surface area contributed by atoms with Crippen LogP contribution in [0.1, 0.15) is 16.1 Å². The van der Waals surface area contributed by atoms with Crippen LogP contribution in [0.4, 0.5) is 15.9 Å². The molecule has 2 aromatic rings. The normalized spacial score (nSPS) is 10.3. The Balaban J connectivity index is 2.29. The average molecular weight is 325 g/mol. The molecular weight excluding hydrogens is 315 g/mol. The molecule has 0 saturated heterocycles. The van der Waals surface area contributed by atoms with Gasteiger partial charge >= 0.3 is 5.97 Å². The third-order valence-corrected chi connectivity index (χ3v) is 3.17. The van der Waals surface area contributed by atoms with Crippen LogP contribution in [0.3, 0.4) is 0 Å². The summed E-state index contributed by atoms with van der Waals surface area (Å²) in [5, 5.41) is 11.9. The fraction of sp³-hybridized carbons (Fsp3) is 0.0769. The largest absolute Gasteiger partial charge is 0.478 e. The van der Waals surface area contributed by atoms with E-state index in [4.69, 9.17) is 5.11 Å². The van der Waals surface area contributed by atoms with Gasteiger partial charge in [0.2, 0.25) is 0 Å². The molecule has 19 heavy (non-hydrogen) atoms. The molecule has 0 saturated carbocycles. The molecule has 6 heteroatoms. The van der Waals surface area contributed by atoms with Gasteiger partial charge < -0.3 is 10.4 Å². The second-order valence-electron chi connectivity index (χ2n) is 3.88. The molecule has 0 atom stereocenters. The SMILES string of the molecule is Cc1nc(Nc2ccc(F)cc2Br)ccc1C(=O)O. The van der Waals surface area contributed by atoms with Crippen molar-refractivity contribution in [2.45, 2.75) is 6.92 Å². The molecule has 1 aromatic carbocycles. The van der Waals surface area contributed by atoms with Crippen LogP contribution in [0.5, 0.6) is 0 Å². The number of hydrogen-bond donors (Lipinski definition) is 2. The molecule has 0 unspecified atom stereocenters. The van der Waals surface area contributed by atoms with E-state index in [2.05, 4.69) is 26.2 Å². The number of pyridine rings is 1. The molecule has 0 spiro atoms. The van der Waals surface area contributed by atoms with Crippen molar-refractivity contribution in [2.24, 2.45) is 0 Å². The molecule has 4 nitrogen and oxygen atoms in total. The average Bonchev–Trinajstić information content (AvgIpc) is 2.32. The molecule has 0 amide bonds. The summed E-state index contributed by atoms with van der Waals surface area (Å²) in [6.07, 6.45) is 0. The van der Waals surface area contributed by atoms with Crippen molar-refractivity contribution in [3.05, 3.63) is 51.9 Å². The first-order valence-corrected chi connectivity index (χ1v) is 6.19. The predicted octanol–water partition coefficient (Wildman–Crippen LogP) is 3.73. The molecule has 2 rings (SSSR count). The van der Waals surface area contributed by atoms with Crippen molar-refractivity contribution in [2.75, 3.05) is 5.32 Å². The number of nitrogens with one attached hydrogen (secondary N) is 1. The first-order valence-electron chi connectivity index (χ1n) is 5.40. The van der Waals surface area contributed by atoms with Crippen molar-refractivity contribution in [3.8, 4) is 0 Å². The molecule has 0 aliphatic rings. The number of carboxylic acid groups (broad SMARTS) is 1. The summed E-state index contributed by atoms with van der Waals surface area (Å²) >= 11 is 3.24. The Bertz CT molecular complexity index is 647. The van der Waals surface area contributed by atoms with Crippen LogP contribution in [0.25, 0.3) is 0 Å². The van der Waals surface area contributed by atoms with Gasteiger partial charge in [0.05, 0.1) is 16.9 Å². The molecule has 0 aliphatic carbocycles. The number of carboxylic acids is 1. The van der Waals surface area contributed by atoms with E-state index < -0.39 is 5.97 Å². The minimum atomic E-state index is -1.01. The van der Waals surface area contributed by atoms with Crippen molar-refractivity contribution >= 4 is 33.4 Å². The fourth-order valence-corrected chi connectivity index (χ4v) is 2.04. The number of hydrogen-bond acceptors (Lipinski definition) is 3. The van der Waals surface area contributed by atoms with E-state index in [1.54, 1.807) is 19.1 Å². The van der Waals surface area contributed by atoms with Crippen LogP contribution < -0.4 is 5.32 Å². The number of halogens is 2. The first-order chi connectivity index (χ1) is 8.97. The number of anilines is 2. The van der Waals surface area contributed by atoms with E-state index in [1.165, 1.54) is 18.2 Å². The monoisotopic (exact) mass is 324 g/mol. The van der Waals surface area contributed by atoms with Gasteiger partial charge in [-0.1, -0.05) is 0 Å². The lowest BCUT2D eigenvalue weighted by atomic mass is 10.2. The number of rotatable bonds is 3. The van der Waals surface area contributed by atoms with Crippen molar-refractivity contribution in [1.82, 2.24) is 4.98 Å². The van der Waals surface area contributed by atoms with Gasteiger partial charge in [0.1, 0.15) is 11.6 Å². The molecular formula is C13H10BrFN2O2. The minimum Gasteiger partial charge on any atom is -0.478 e. The van der Waals surface area contributed by atoms with Crippen LogP contribution in [0.2, 0.25) is 0 Å². The Hall–Kier alpha value is -1.95. The zero-order valence-electron chi connectivity index (χ0n) is 9.95. The Kier molecular flexibility index (Phi) is 3.80. The van der Waals surface area contributed by atoms with Gasteiger partial charge in [0.15, 0.2) is 0 Å². The smallest absolute Gasteiger partial charge is 0.337 e. The number of nitrogens with zero attached hydrogens (tertiary/aromatic N) is 1. The van der Waals surface area contributed by atoms with Crippen LogP contribution in [0.15, 0.2) is 34.8 Å². The van der Waals surface area contributed by atoms with Crippen molar-refractivity contribution in [1.29, 1.82) is 0 Å². The quantitative estimate of drug-likeness (QED) is 0.902. The zero-order chi connectivity index (χ0) is 14.0. The second-order valence-corrected chi connectivity index (χ2v) is 4.74. The van der Waals surface area contributed by atoms with Gasteiger partial charge in [-0.25, -0.2) is 14.2 Å². The minimum absolute atomic E-state index is 0.156. The van der Waals surface area contributed by atoms with Gasteiger partial charge in [0.25, 0.3) is 0 Å². The van der Waals surface area contributed by atoms with Gasteiger partial charge in [-0.05, 0) is 53.2 Å². The van der Waals surface area contributed by atoms with E-state index in [-0.39, 0.29) is 11.4 Å². The maximum atomic E-state index is 13.0. The summed E-state index contributed by atoms with van der Waals surface area (Å²) < 4.78 is 13.5. The van der Waals surface area contributed by atoms with Gasteiger partial charge in [-0.3, -0.25) is 0 Å². The number of benzene rings is 1. The summed E-state index contributed by atoms with van der Waals surface area (Å²) in [6, 6.07) is 7.27. The van der Waals surface area contributed by atoms with E-state index >= 15 is 0 Å². The highest BCUT2D eigenvalue weighted by Crippen LogP contribution is 2.26. The Morgan fingerprint density at radius 2 is 2.11 bits per heavy atom. The molecule has 1 heterocycles. The lowest BCUT2D eigenvalue weighted by molar-refractivity contribution is 0.0695. The summed E-state index contributed by atoms with van der Waals surface area (Å²) in [7, 11) is 0. The topological polar surface area (TPSA) is 62.2 Å². The second kappa shape index (κ2) is 5.36. The van der Waals surface area contributed by atoms with Crippen LogP contribution >= 0.6 is 15.9 Å². The van der Waals surface area contributed by atoms with Gasteiger partial charge in [-0.15, -0.1) is 0 Å². The summed E-state index contributed by atoms with van der Waals surface area (Å²) in [5.74, 6) is -0.864. The van der Waals surface area contributed by atoms with Crippen LogP contribution in [-0.2, 0) is 0 Å². The highest BCUT2D eigenvalue weighted by atomic mass is 79.9. The van der Waals surface area contributed by atoms with E-state index in [0.717, 1.165) is 0 Å². The summed E-state index contributed by atoms with van der Waals surface area (Å²) in [5.41, 5.74) is 1.22. The molecule has 0 bridgehead atoms. The molecule has 1 aromatic heterocycles. The highest BCUT2D eigenvalue weighted by molar-refractivity contribution is 9.10. The zero-order valence-corrected chi connectivity index (χ0v) is 11.5. The Labute approximate surface area is 117 Å². The fourth-order valence-electron chi connectivity index (χ4n) is 1.59. The molecule has 0 aliphatic heterocycles. The van der Waals surface area contributed by atoms with Crippen LogP contribution in [0, 0.1) is 12.7 Å². The molecule has 0 fully saturated rings. The van der Waals surface area contributed by atoms with Gasteiger partial charge in [-0.2, -0.15) is 0 Å². The first kappa shape index (κ1) is 13.5. The summed E-state index contributed by atoms with van der Waals surface area (Å²) in [4.78, 5) is 15.0. The van der Waals surface area contributed by atoms with Crippen LogP contribution in [-0.4, -0.2) is 16.1 Å². The molecule has 98 valence electrons. The number of aromatic carboxylic acids is 1. The molecule has 2 N–H and O–H groups in total. The van der Waals surface area contributed by atoms with Gasteiger partial charge in [0, 0.05) is 4.47 Å². The summed E-state index contributed by atoms with van der Waals surface area (Å²) in [6.45, 7) is 1.62. The number of aryl methyl sites for hydroxylation is 1. The third-order valence-electron chi connectivity index (χ3n) is 2.51. The molecule has 0 radical (unpaired) electrons. The van der Waals surface area contributed by atoms with E-state index in [1.807, 2.05) is 0 Å². The van der Waals surface area contributed by atoms with Crippen molar-refractivity contribution < 1.29 is 14.3 Å². The predicted molar refractivity (Wildman–Crippen MR) is 73.3 cm³/mol. The Morgan fingerprint density at radius 1 is 1.37 bits per heavy atom. The Morgan fingerprint density at radius 3 is 2.68 bits per heavy atom. The lowest BCUT2D eigenvalue weighted by Gasteiger charge is -2.09. The maximum Gasteiger partial charge on any atom is 0.337 e. The highest BCUT2D eigenvalue weighted by Gasteiger charge is 2.09. The van der Waals surface area contributed by atoms with Crippen molar-refractivity contribution in [3.63, 3.8) is 0 Å². The van der Waals surface area contributed by atoms with E-state index in [0.29, 0.717) is 21.7 Å². The maximum absolute atomic E-state index is 13.0. The van der Waals surface area contributed by atoms with E-state index in [9.17, 15) is 9.18 Å². The lowest BCUT2D eigenvalue weighted by Crippen LogP contribution is -2.03. The number of aromatic nitrogens is 1.